The van der Waals surface area contributed by atoms with Crippen LogP contribution in [-0.2, 0) is 6.42 Å². The maximum atomic E-state index is 13.1. The highest BCUT2D eigenvalue weighted by Gasteiger charge is 2.12. The number of rotatable bonds is 4. The quantitative estimate of drug-likeness (QED) is 0.660. The molecule has 1 heterocycles. The lowest BCUT2D eigenvalue weighted by Gasteiger charge is -2.16. The molecule has 18 heavy (non-hydrogen) atoms. The molecule has 5 heteroatoms. The van der Waals surface area contributed by atoms with Crippen molar-refractivity contribution in [2.75, 3.05) is 0 Å². The van der Waals surface area contributed by atoms with Crippen molar-refractivity contribution in [1.82, 2.24) is 10.4 Å². The molecule has 0 radical (unpaired) electrons. The molecule has 0 aliphatic carbocycles. The summed E-state index contributed by atoms with van der Waals surface area (Å²) in [5, 5.41) is 0.667. The first-order valence-electron chi connectivity index (χ1n) is 5.50. The molecule has 94 valence electrons. The smallest absolute Gasteiger partial charge is 0.141 e. The van der Waals surface area contributed by atoms with E-state index in [9.17, 15) is 4.39 Å². The Morgan fingerprint density at radius 1 is 1.33 bits per heavy atom. The van der Waals surface area contributed by atoms with Gasteiger partial charge < -0.3 is 0 Å². The van der Waals surface area contributed by atoms with E-state index in [-0.39, 0.29) is 11.9 Å². The van der Waals surface area contributed by atoms with E-state index in [0.29, 0.717) is 17.0 Å². The Morgan fingerprint density at radius 2 is 2.17 bits per heavy atom. The van der Waals surface area contributed by atoms with Crippen LogP contribution in [-0.4, -0.2) is 4.98 Å². The second-order valence-corrected chi connectivity index (χ2v) is 4.43. The Balaban J connectivity index is 2.19. The number of nitrogens with one attached hydrogen (secondary N) is 1. The predicted molar refractivity (Wildman–Crippen MR) is 69.4 cm³/mol. The first-order valence-corrected chi connectivity index (χ1v) is 5.88. The Morgan fingerprint density at radius 3 is 2.83 bits per heavy atom. The molecule has 1 aromatic carbocycles. The topological polar surface area (TPSA) is 50.9 Å². The maximum absolute atomic E-state index is 13.1. The van der Waals surface area contributed by atoms with Crippen molar-refractivity contribution in [2.24, 2.45) is 5.84 Å². The third-order valence-electron chi connectivity index (χ3n) is 2.66. The van der Waals surface area contributed by atoms with Crippen molar-refractivity contribution in [3.63, 3.8) is 0 Å². The zero-order chi connectivity index (χ0) is 13.0. The lowest BCUT2D eigenvalue weighted by atomic mass is 10.0. The van der Waals surface area contributed by atoms with Crippen LogP contribution >= 0.6 is 11.6 Å². The minimum absolute atomic E-state index is 0.202. The summed E-state index contributed by atoms with van der Waals surface area (Å²) in [6.07, 6.45) is 3.37. The van der Waals surface area contributed by atoms with Gasteiger partial charge in [0.2, 0.25) is 0 Å². The highest BCUT2D eigenvalue weighted by atomic mass is 35.5. The molecule has 0 saturated heterocycles. The zero-order valence-electron chi connectivity index (χ0n) is 9.61. The number of hydrazine groups is 1. The second-order valence-electron chi connectivity index (χ2n) is 3.99. The highest BCUT2D eigenvalue weighted by molar-refractivity contribution is 6.30. The van der Waals surface area contributed by atoms with E-state index in [1.165, 1.54) is 6.07 Å². The van der Waals surface area contributed by atoms with Crippen molar-refractivity contribution in [2.45, 2.75) is 12.5 Å². The first kappa shape index (κ1) is 13.0. The van der Waals surface area contributed by atoms with Crippen molar-refractivity contribution in [3.05, 3.63) is 64.7 Å². The molecule has 0 spiro atoms. The normalized spacial score (nSPS) is 12.4. The Labute approximate surface area is 110 Å². The summed E-state index contributed by atoms with van der Waals surface area (Å²) in [6, 6.07) is 8.70. The predicted octanol–water partition coefficient (Wildman–Crippen LogP) is 2.62. The molecule has 0 aliphatic heterocycles. The van der Waals surface area contributed by atoms with Crippen LogP contribution in [0.4, 0.5) is 4.39 Å². The van der Waals surface area contributed by atoms with Crippen LogP contribution in [0.25, 0.3) is 0 Å². The summed E-state index contributed by atoms with van der Waals surface area (Å²) in [6.45, 7) is 0. The van der Waals surface area contributed by atoms with Gasteiger partial charge in [-0.25, -0.2) is 4.39 Å². The highest BCUT2D eigenvalue weighted by Crippen LogP contribution is 2.19. The minimum Gasteiger partial charge on any atom is -0.271 e. The number of nitrogens with zero attached hydrogens (tertiary/aromatic N) is 1. The van der Waals surface area contributed by atoms with Gasteiger partial charge in [0.15, 0.2) is 0 Å². The molecule has 2 rings (SSSR count). The van der Waals surface area contributed by atoms with Crippen LogP contribution in [0.2, 0.25) is 5.02 Å². The second kappa shape index (κ2) is 5.91. The molecule has 3 nitrogen and oxygen atoms in total. The summed E-state index contributed by atoms with van der Waals surface area (Å²) >= 11 is 5.92. The molecule has 0 saturated carbocycles. The van der Waals surface area contributed by atoms with E-state index in [4.69, 9.17) is 17.4 Å². The Kier molecular flexibility index (Phi) is 4.25. The molecule has 0 aliphatic rings. The fraction of sp³-hybridized carbons (Fsp3) is 0.154. The van der Waals surface area contributed by atoms with Crippen LogP contribution in [0, 0.1) is 5.82 Å². The summed E-state index contributed by atoms with van der Waals surface area (Å²) in [4.78, 5) is 3.82. The average Bonchev–Trinajstić information content (AvgIpc) is 2.36. The van der Waals surface area contributed by atoms with Crippen molar-refractivity contribution >= 4 is 11.6 Å². The fourth-order valence-corrected chi connectivity index (χ4v) is 2.00. The largest absolute Gasteiger partial charge is 0.271 e. The molecule has 0 amide bonds. The SMILES string of the molecule is NNC(Cc1cccc(Cl)c1)c1cncc(F)c1. The molecule has 3 N–H and O–H groups in total. The Bertz CT molecular complexity index is 533. The molecular formula is C13H13ClFN3. The van der Waals surface area contributed by atoms with E-state index >= 15 is 0 Å². The van der Waals surface area contributed by atoms with Gasteiger partial charge in [-0.15, -0.1) is 0 Å². The van der Waals surface area contributed by atoms with Crippen molar-refractivity contribution in [1.29, 1.82) is 0 Å². The number of hydrogen-bond donors (Lipinski definition) is 2. The van der Waals surface area contributed by atoms with Crippen molar-refractivity contribution in [3.8, 4) is 0 Å². The van der Waals surface area contributed by atoms with Gasteiger partial charge in [0.05, 0.1) is 12.2 Å². The van der Waals surface area contributed by atoms with E-state index in [2.05, 4.69) is 10.4 Å². The van der Waals surface area contributed by atoms with Gasteiger partial charge in [0, 0.05) is 11.2 Å². The number of aromatic nitrogens is 1. The molecule has 0 fully saturated rings. The molecular weight excluding hydrogens is 253 g/mol. The van der Waals surface area contributed by atoms with Crippen molar-refractivity contribution < 1.29 is 4.39 Å². The summed E-state index contributed by atoms with van der Waals surface area (Å²) in [5.41, 5.74) is 4.39. The average molecular weight is 266 g/mol. The Hall–Kier alpha value is -1.49. The number of benzene rings is 1. The molecule has 1 unspecified atom stereocenters. The third kappa shape index (κ3) is 3.26. The standard InChI is InChI=1S/C13H13ClFN3/c14-11-3-1-2-9(4-11)5-13(18-16)10-6-12(15)8-17-7-10/h1-4,6-8,13,18H,5,16H2. The van der Waals surface area contributed by atoms with Gasteiger partial charge >= 0.3 is 0 Å². The lowest BCUT2D eigenvalue weighted by Crippen LogP contribution is -2.29. The van der Waals surface area contributed by atoms with Crippen LogP contribution < -0.4 is 11.3 Å². The van der Waals surface area contributed by atoms with E-state index in [0.717, 1.165) is 11.8 Å². The van der Waals surface area contributed by atoms with Gasteiger partial charge in [0.1, 0.15) is 5.82 Å². The molecule has 0 bridgehead atoms. The van der Waals surface area contributed by atoms with Gasteiger partial charge in [-0.2, -0.15) is 0 Å². The number of halogens is 2. The van der Waals surface area contributed by atoms with Crippen LogP contribution in [0.15, 0.2) is 42.7 Å². The molecule has 1 aromatic heterocycles. The van der Waals surface area contributed by atoms with E-state index < -0.39 is 0 Å². The maximum Gasteiger partial charge on any atom is 0.141 e. The lowest BCUT2D eigenvalue weighted by molar-refractivity contribution is 0.541. The van der Waals surface area contributed by atoms with Gasteiger partial charge in [0.25, 0.3) is 0 Å². The third-order valence-corrected chi connectivity index (χ3v) is 2.89. The first-order chi connectivity index (χ1) is 8.69. The zero-order valence-corrected chi connectivity index (χ0v) is 10.4. The van der Waals surface area contributed by atoms with E-state index in [1.54, 1.807) is 12.3 Å². The molecule has 1 atom stereocenters. The summed E-state index contributed by atoms with van der Waals surface area (Å²) in [7, 11) is 0. The minimum atomic E-state index is -0.376. The van der Waals surface area contributed by atoms with Crippen LogP contribution in [0.5, 0.6) is 0 Å². The number of pyridine rings is 1. The number of hydrogen-bond acceptors (Lipinski definition) is 3. The van der Waals surface area contributed by atoms with Crippen LogP contribution in [0.1, 0.15) is 17.2 Å². The fourth-order valence-electron chi connectivity index (χ4n) is 1.79. The summed E-state index contributed by atoms with van der Waals surface area (Å²) < 4.78 is 13.1. The molecule has 2 aromatic rings. The monoisotopic (exact) mass is 265 g/mol. The van der Waals surface area contributed by atoms with Gasteiger partial charge in [-0.3, -0.25) is 16.3 Å². The van der Waals surface area contributed by atoms with Crippen LogP contribution in [0.3, 0.4) is 0 Å². The number of nitrogens with two attached hydrogens (primary N) is 1. The van der Waals surface area contributed by atoms with Gasteiger partial charge in [-0.05, 0) is 35.7 Å². The van der Waals surface area contributed by atoms with E-state index in [1.807, 2.05) is 18.2 Å². The summed E-state index contributed by atoms with van der Waals surface area (Å²) in [5.74, 6) is 5.13. The van der Waals surface area contributed by atoms with Gasteiger partial charge in [-0.1, -0.05) is 23.7 Å².